The molecule has 1 fully saturated rings. The van der Waals surface area contributed by atoms with Crippen LogP contribution in [-0.4, -0.2) is 40.9 Å². The first kappa shape index (κ1) is 10.6. The first-order valence-electron chi connectivity index (χ1n) is 5.39. The molecule has 0 saturated carbocycles. The molecule has 15 heavy (non-hydrogen) atoms. The highest BCUT2D eigenvalue weighted by molar-refractivity contribution is 5.17. The minimum absolute atomic E-state index is 0.215. The first-order valence-corrected chi connectivity index (χ1v) is 5.39. The smallest absolute Gasteiger partial charge is 0.0916 e. The summed E-state index contributed by atoms with van der Waals surface area (Å²) in [5, 5.41) is 19.3. The number of hydrogen-bond acceptors (Lipinski definition) is 3. The summed E-state index contributed by atoms with van der Waals surface area (Å²) in [6.45, 7) is 2.18. The SMILES string of the molecule is OC(CN1CC[C@@H](O)C1)c1ccccc1. The fraction of sp³-hybridized carbons (Fsp3) is 0.500. The summed E-state index contributed by atoms with van der Waals surface area (Å²) in [6.07, 6.45) is 0.158. The number of β-amino-alcohol motifs (C(OH)–C–C–N with tert-alkyl or cyclic N) is 2. The number of nitrogens with zero attached hydrogens (tertiary/aromatic N) is 1. The number of hydrogen-bond donors (Lipinski definition) is 2. The summed E-state index contributed by atoms with van der Waals surface area (Å²) < 4.78 is 0. The number of benzene rings is 1. The lowest BCUT2D eigenvalue weighted by atomic mass is 10.1. The van der Waals surface area contributed by atoms with E-state index in [0.717, 1.165) is 18.5 Å². The Kier molecular flexibility index (Phi) is 3.36. The zero-order valence-electron chi connectivity index (χ0n) is 8.71. The minimum Gasteiger partial charge on any atom is -0.392 e. The third-order valence-corrected chi connectivity index (χ3v) is 2.86. The third kappa shape index (κ3) is 2.78. The van der Waals surface area contributed by atoms with Gasteiger partial charge in [-0.15, -0.1) is 0 Å². The molecule has 3 heteroatoms. The quantitative estimate of drug-likeness (QED) is 0.770. The van der Waals surface area contributed by atoms with Gasteiger partial charge in [0.1, 0.15) is 0 Å². The molecule has 1 aliphatic heterocycles. The van der Waals surface area contributed by atoms with Crippen molar-refractivity contribution in [3.05, 3.63) is 35.9 Å². The second-order valence-electron chi connectivity index (χ2n) is 4.13. The molecule has 2 rings (SSSR count). The molecular weight excluding hydrogens is 190 g/mol. The van der Waals surface area contributed by atoms with Crippen LogP contribution in [0, 0.1) is 0 Å². The zero-order chi connectivity index (χ0) is 10.7. The molecule has 0 bridgehead atoms. The molecule has 82 valence electrons. The van der Waals surface area contributed by atoms with Gasteiger partial charge in [-0.25, -0.2) is 0 Å². The average Bonchev–Trinajstić information content (AvgIpc) is 2.65. The molecule has 0 spiro atoms. The Morgan fingerprint density at radius 3 is 2.67 bits per heavy atom. The predicted molar refractivity (Wildman–Crippen MR) is 58.5 cm³/mol. The zero-order valence-corrected chi connectivity index (χ0v) is 8.71. The predicted octanol–water partition coefficient (Wildman–Crippen LogP) is 0.787. The van der Waals surface area contributed by atoms with Crippen molar-refractivity contribution in [2.24, 2.45) is 0 Å². The van der Waals surface area contributed by atoms with Crippen molar-refractivity contribution in [1.29, 1.82) is 0 Å². The van der Waals surface area contributed by atoms with Crippen molar-refractivity contribution in [2.45, 2.75) is 18.6 Å². The van der Waals surface area contributed by atoms with Crippen molar-refractivity contribution in [2.75, 3.05) is 19.6 Å². The summed E-state index contributed by atoms with van der Waals surface area (Å²) in [4.78, 5) is 2.10. The fourth-order valence-corrected chi connectivity index (χ4v) is 2.00. The molecular formula is C12H17NO2. The Balaban J connectivity index is 1.90. The summed E-state index contributed by atoms with van der Waals surface area (Å²) >= 11 is 0. The van der Waals surface area contributed by atoms with Crippen LogP contribution in [0.25, 0.3) is 0 Å². The van der Waals surface area contributed by atoms with Crippen LogP contribution in [-0.2, 0) is 0 Å². The summed E-state index contributed by atoms with van der Waals surface area (Å²) in [5.74, 6) is 0. The third-order valence-electron chi connectivity index (χ3n) is 2.86. The van der Waals surface area contributed by atoms with Gasteiger partial charge in [0.25, 0.3) is 0 Å². The van der Waals surface area contributed by atoms with E-state index in [-0.39, 0.29) is 6.10 Å². The summed E-state index contributed by atoms with van der Waals surface area (Å²) in [7, 11) is 0. The van der Waals surface area contributed by atoms with E-state index in [1.54, 1.807) is 0 Å². The van der Waals surface area contributed by atoms with Crippen LogP contribution in [0.15, 0.2) is 30.3 Å². The highest BCUT2D eigenvalue weighted by Gasteiger charge is 2.22. The molecule has 1 heterocycles. The maximum Gasteiger partial charge on any atom is 0.0916 e. The van der Waals surface area contributed by atoms with E-state index in [1.807, 2.05) is 30.3 Å². The van der Waals surface area contributed by atoms with Crippen molar-refractivity contribution < 1.29 is 10.2 Å². The Morgan fingerprint density at radius 1 is 1.33 bits per heavy atom. The molecule has 1 aromatic rings. The Labute approximate surface area is 90.0 Å². The highest BCUT2D eigenvalue weighted by Crippen LogP contribution is 2.17. The van der Waals surface area contributed by atoms with Crippen LogP contribution in [0.1, 0.15) is 18.1 Å². The van der Waals surface area contributed by atoms with Crippen molar-refractivity contribution in [3.63, 3.8) is 0 Å². The van der Waals surface area contributed by atoms with E-state index in [0.29, 0.717) is 13.1 Å². The monoisotopic (exact) mass is 207 g/mol. The second-order valence-corrected chi connectivity index (χ2v) is 4.13. The van der Waals surface area contributed by atoms with Gasteiger partial charge in [0.2, 0.25) is 0 Å². The Bertz CT molecular complexity index is 302. The van der Waals surface area contributed by atoms with Gasteiger partial charge in [0.15, 0.2) is 0 Å². The van der Waals surface area contributed by atoms with Crippen LogP contribution >= 0.6 is 0 Å². The van der Waals surface area contributed by atoms with Crippen LogP contribution in [0.5, 0.6) is 0 Å². The van der Waals surface area contributed by atoms with E-state index >= 15 is 0 Å². The maximum atomic E-state index is 9.94. The molecule has 1 aromatic carbocycles. The van der Waals surface area contributed by atoms with Gasteiger partial charge in [-0.05, 0) is 12.0 Å². The second kappa shape index (κ2) is 4.75. The number of aliphatic hydroxyl groups is 2. The number of aliphatic hydroxyl groups excluding tert-OH is 2. The van der Waals surface area contributed by atoms with Gasteiger partial charge >= 0.3 is 0 Å². The van der Waals surface area contributed by atoms with Crippen molar-refractivity contribution in [1.82, 2.24) is 4.90 Å². The molecule has 3 nitrogen and oxygen atoms in total. The minimum atomic E-state index is -0.448. The van der Waals surface area contributed by atoms with E-state index in [9.17, 15) is 10.2 Å². The van der Waals surface area contributed by atoms with Gasteiger partial charge < -0.3 is 10.2 Å². The van der Waals surface area contributed by atoms with Crippen LogP contribution < -0.4 is 0 Å². The molecule has 0 aliphatic carbocycles. The Hall–Kier alpha value is -0.900. The molecule has 0 aromatic heterocycles. The fourth-order valence-electron chi connectivity index (χ4n) is 2.00. The van der Waals surface area contributed by atoms with E-state index in [1.165, 1.54) is 0 Å². The van der Waals surface area contributed by atoms with E-state index in [4.69, 9.17) is 0 Å². The lowest BCUT2D eigenvalue weighted by Crippen LogP contribution is -2.27. The van der Waals surface area contributed by atoms with E-state index < -0.39 is 6.10 Å². The average molecular weight is 207 g/mol. The molecule has 1 saturated heterocycles. The van der Waals surface area contributed by atoms with E-state index in [2.05, 4.69) is 4.90 Å². The van der Waals surface area contributed by atoms with Crippen LogP contribution in [0.3, 0.4) is 0 Å². The molecule has 2 N–H and O–H groups in total. The molecule has 0 radical (unpaired) electrons. The van der Waals surface area contributed by atoms with Crippen LogP contribution in [0.2, 0.25) is 0 Å². The summed E-state index contributed by atoms with van der Waals surface area (Å²) in [6, 6.07) is 9.65. The van der Waals surface area contributed by atoms with Crippen molar-refractivity contribution >= 4 is 0 Å². The van der Waals surface area contributed by atoms with Gasteiger partial charge in [-0.1, -0.05) is 30.3 Å². The van der Waals surface area contributed by atoms with Gasteiger partial charge in [0, 0.05) is 19.6 Å². The lowest BCUT2D eigenvalue weighted by molar-refractivity contribution is 0.113. The lowest BCUT2D eigenvalue weighted by Gasteiger charge is -2.19. The topological polar surface area (TPSA) is 43.7 Å². The molecule has 1 unspecified atom stereocenters. The normalized spacial score (nSPS) is 24.3. The maximum absolute atomic E-state index is 9.94. The largest absolute Gasteiger partial charge is 0.392 e. The van der Waals surface area contributed by atoms with Crippen molar-refractivity contribution in [3.8, 4) is 0 Å². The molecule has 0 amide bonds. The molecule has 2 atom stereocenters. The van der Waals surface area contributed by atoms with Gasteiger partial charge in [-0.2, -0.15) is 0 Å². The molecule has 1 aliphatic rings. The summed E-state index contributed by atoms with van der Waals surface area (Å²) in [5.41, 5.74) is 0.943. The van der Waals surface area contributed by atoms with Gasteiger partial charge in [-0.3, -0.25) is 4.90 Å². The first-order chi connectivity index (χ1) is 7.25. The number of likely N-dealkylation sites (tertiary alicyclic amines) is 1. The Morgan fingerprint density at radius 2 is 2.07 bits per heavy atom. The van der Waals surface area contributed by atoms with Gasteiger partial charge in [0.05, 0.1) is 12.2 Å². The standard InChI is InChI=1S/C12H17NO2/c14-11-6-7-13(8-11)9-12(15)10-4-2-1-3-5-10/h1-5,11-12,14-15H,6-9H2/t11-,12?/m1/s1. The highest BCUT2D eigenvalue weighted by atomic mass is 16.3. The number of rotatable bonds is 3. The van der Waals surface area contributed by atoms with Crippen LogP contribution in [0.4, 0.5) is 0 Å².